The van der Waals surface area contributed by atoms with Crippen molar-refractivity contribution in [3.05, 3.63) is 46.5 Å². The van der Waals surface area contributed by atoms with Crippen molar-refractivity contribution in [2.45, 2.75) is 98.9 Å². The van der Waals surface area contributed by atoms with E-state index in [2.05, 4.69) is 51.2 Å². The van der Waals surface area contributed by atoms with Crippen LogP contribution in [0.1, 0.15) is 80.2 Å². The summed E-state index contributed by atoms with van der Waals surface area (Å²) in [6.45, 7) is 17.4. The molecule has 2 rings (SSSR count). The molecule has 0 bridgehead atoms. The molecule has 1 fully saturated rings. The Balaban J connectivity index is 0.00000208. The molecule has 6 nitrogen and oxygen atoms in total. The summed E-state index contributed by atoms with van der Waals surface area (Å²) >= 11 is 6.53. The van der Waals surface area contributed by atoms with E-state index in [4.69, 9.17) is 21.1 Å². The number of anilines is 1. The molecule has 0 radical (unpaired) electrons. The summed E-state index contributed by atoms with van der Waals surface area (Å²) in [5.74, 6) is 0.972. The lowest BCUT2D eigenvalue weighted by Gasteiger charge is -2.23. The van der Waals surface area contributed by atoms with E-state index in [-0.39, 0.29) is 18.4 Å². The van der Waals surface area contributed by atoms with Gasteiger partial charge in [0.05, 0.1) is 31.4 Å². The van der Waals surface area contributed by atoms with E-state index >= 15 is 0 Å². The van der Waals surface area contributed by atoms with Crippen molar-refractivity contribution in [2.24, 2.45) is 5.92 Å². The molecule has 0 spiro atoms. The van der Waals surface area contributed by atoms with Crippen molar-refractivity contribution < 1.29 is 19.4 Å². The molecule has 1 heterocycles. The van der Waals surface area contributed by atoms with E-state index < -0.39 is 11.7 Å². The number of ether oxygens (including phenoxy) is 2. The molecule has 4 atom stereocenters. The van der Waals surface area contributed by atoms with Gasteiger partial charge >= 0.3 is 0 Å². The van der Waals surface area contributed by atoms with Crippen LogP contribution in [-0.4, -0.2) is 56.6 Å². The van der Waals surface area contributed by atoms with Crippen LogP contribution >= 0.6 is 11.6 Å². The van der Waals surface area contributed by atoms with Gasteiger partial charge in [0.1, 0.15) is 16.4 Å². The van der Waals surface area contributed by atoms with Crippen LogP contribution in [0.5, 0.6) is 5.75 Å². The Morgan fingerprint density at radius 2 is 1.92 bits per heavy atom. The molecule has 0 saturated carbocycles. The number of carbonyl (C=O) groups excluding carboxylic acids is 1. The van der Waals surface area contributed by atoms with Crippen LogP contribution in [0.3, 0.4) is 0 Å². The van der Waals surface area contributed by atoms with Crippen molar-refractivity contribution in [3.8, 4) is 5.75 Å². The maximum atomic E-state index is 12.9. The van der Waals surface area contributed by atoms with E-state index in [9.17, 15) is 9.90 Å². The lowest BCUT2D eigenvalue weighted by molar-refractivity contribution is -0.121. The Kier molecular flexibility index (Phi) is 17.5. The number of methoxy groups -OCH3 is 1. The highest BCUT2D eigenvalue weighted by Gasteiger charge is 2.55. The molecule has 0 aliphatic carbocycles. The summed E-state index contributed by atoms with van der Waals surface area (Å²) < 4.78 is 10.9. The number of rotatable bonds is 12. The van der Waals surface area contributed by atoms with Crippen LogP contribution in [0.15, 0.2) is 35.9 Å². The lowest BCUT2D eigenvalue weighted by Crippen LogP contribution is -2.36. The van der Waals surface area contributed by atoms with Crippen LogP contribution in [0.2, 0.25) is 5.02 Å². The summed E-state index contributed by atoms with van der Waals surface area (Å²) in [5.41, 5.74) is 2.09. The topological polar surface area (TPSA) is 74.3 Å². The first kappa shape index (κ1) is 36.1. The highest BCUT2D eigenvalue weighted by molar-refractivity contribution is 6.35. The average Bonchev–Trinajstić information content (AvgIpc) is 3.55. The number of amides is 1. The molecule has 1 aliphatic heterocycles. The average molecular weight is 553 g/mol. The van der Waals surface area contributed by atoms with Crippen molar-refractivity contribution in [1.29, 1.82) is 0 Å². The number of allylic oxidation sites excluding steroid dienone is 4. The van der Waals surface area contributed by atoms with Gasteiger partial charge in [-0.2, -0.15) is 0 Å². The van der Waals surface area contributed by atoms with E-state index in [1.165, 1.54) is 16.9 Å². The summed E-state index contributed by atoms with van der Waals surface area (Å²) in [6.07, 6.45) is 8.41. The highest BCUT2D eigenvalue weighted by Crippen LogP contribution is 2.41. The zero-order valence-corrected chi connectivity index (χ0v) is 26.4. The van der Waals surface area contributed by atoms with Crippen LogP contribution in [0, 0.1) is 5.92 Å². The fourth-order valence-electron chi connectivity index (χ4n) is 3.56. The number of nitrogens with zero attached hydrogens (tertiary/aromatic N) is 1. The SMILES string of the molecule is CC.CCC(C)C/C=C/C=C(\C)Cc1cc(OC)c(Cl)c(N(C)C(=O)C[C@H](O)C2(C)OC2C)c1.CCNC. The number of hydrogen-bond donors (Lipinski definition) is 2. The van der Waals surface area contributed by atoms with Crippen LogP contribution in [0.4, 0.5) is 5.69 Å². The molecular formula is C31H53ClN2O4. The monoisotopic (exact) mass is 552 g/mol. The number of halogens is 1. The van der Waals surface area contributed by atoms with Crippen LogP contribution in [-0.2, 0) is 16.0 Å². The van der Waals surface area contributed by atoms with Gasteiger partial charge in [-0.3, -0.25) is 4.79 Å². The number of aliphatic hydroxyl groups excluding tert-OH is 1. The Morgan fingerprint density at radius 1 is 1.34 bits per heavy atom. The molecule has 7 heteroatoms. The van der Waals surface area contributed by atoms with Gasteiger partial charge in [0.2, 0.25) is 5.91 Å². The minimum absolute atomic E-state index is 0.0415. The second-order valence-electron chi connectivity index (χ2n) is 9.82. The second kappa shape index (κ2) is 18.4. The first-order chi connectivity index (χ1) is 17.9. The van der Waals surface area contributed by atoms with Crippen molar-refractivity contribution in [3.63, 3.8) is 0 Å². The first-order valence-electron chi connectivity index (χ1n) is 13.9. The number of hydrogen-bond acceptors (Lipinski definition) is 5. The summed E-state index contributed by atoms with van der Waals surface area (Å²) in [4.78, 5) is 14.4. The molecule has 1 aliphatic rings. The van der Waals surface area contributed by atoms with Crippen LogP contribution in [0.25, 0.3) is 0 Å². The van der Waals surface area contributed by atoms with Gasteiger partial charge in [-0.25, -0.2) is 0 Å². The van der Waals surface area contributed by atoms with E-state index in [1.807, 2.05) is 46.9 Å². The minimum atomic E-state index is -0.872. The van der Waals surface area contributed by atoms with Crippen molar-refractivity contribution >= 4 is 23.2 Å². The number of nitrogens with one attached hydrogen (secondary N) is 1. The van der Waals surface area contributed by atoms with Gasteiger partial charge in [-0.1, -0.05) is 76.4 Å². The lowest BCUT2D eigenvalue weighted by atomic mass is 9.98. The number of carbonyl (C=O) groups is 1. The Labute approximate surface area is 237 Å². The maximum absolute atomic E-state index is 12.9. The van der Waals surface area contributed by atoms with E-state index in [0.717, 1.165) is 18.5 Å². The van der Waals surface area contributed by atoms with Gasteiger partial charge in [0, 0.05) is 7.05 Å². The highest BCUT2D eigenvalue weighted by atomic mass is 35.5. The van der Waals surface area contributed by atoms with E-state index in [1.54, 1.807) is 14.2 Å². The molecule has 2 N–H and O–H groups in total. The zero-order chi connectivity index (χ0) is 29.5. The summed E-state index contributed by atoms with van der Waals surface area (Å²) in [7, 11) is 5.16. The molecular weight excluding hydrogens is 500 g/mol. The summed E-state index contributed by atoms with van der Waals surface area (Å²) in [5, 5.41) is 13.7. The Hall–Kier alpha value is -1.86. The molecule has 1 saturated heterocycles. The third-order valence-corrected chi connectivity index (χ3v) is 7.21. The second-order valence-corrected chi connectivity index (χ2v) is 10.2. The number of benzene rings is 1. The van der Waals surface area contributed by atoms with Gasteiger partial charge < -0.3 is 24.8 Å². The molecule has 3 unspecified atom stereocenters. The fraction of sp³-hybridized carbons (Fsp3) is 0.645. The molecule has 218 valence electrons. The third kappa shape index (κ3) is 11.5. The predicted molar refractivity (Wildman–Crippen MR) is 163 cm³/mol. The minimum Gasteiger partial charge on any atom is -0.495 e. The Morgan fingerprint density at radius 3 is 2.39 bits per heavy atom. The summed E-state index contributed by atoms with van der Waals surface area (Å²) in [6, 6.07) is 3.81. The first-order valence-corrected chi connectivity index (χ1v) is 14.3. The van der Waals surface area contributed by atoms with Gasteiger partial charge in [0.25, 0.3) is 0 Å². The van der Waals surface area contributed by atoms with Crippen molar-refractivity contribution in [1.82, 2.24) is 5.32 Å². The van der Waals surface area contributed by atoms with Gasteiger partial charge in [-0.05, 0) is 70.8 Å². The largest absolute Gasteiger partial charge is 0.495 e. The molecule has 1 aromatic carbocycles. The van der Waals surface area contributed by atoms with Gasteiger partial charge in [-0.15, -0.1) is 0 Å². The molecule has 1 amide bonds. The van der Waals surface area contributed by atoms with Gasteiger partial charge in [0.15, 0.2) is 0 Å². The quantitative estimate of drug-likeness (QED) is 0.216. The maximum Gasteiger partial charge on any atom is 0.229 e. The Bertz CT molecular complexity index is 900. The fourth-order valence-corrected chi connectivity index (χ4v) is 3.87. The van der Waals surface area contributed by atoms with Crippen molar-refractivity contribution in [2.75, 3.05) is 32.6 Å². The number of epoxide rings is 1. The number of aliphatic hydroxyl groups is 1. The third-order valence-electron chi connectivity index (χ3n) is 6.83. The van der Waals surface area contributed by atoms with E-state index in [0.29, 0.717) is 28.8 Å². The zero-order valence-electron chi connectivity index (χ0n) is 25.7. The van der Waals surface area contributed by atoms with Crippen LogP contribution < -0.4 is 15.0 Å². The normalized spacial score (nSPS) is 20.0. The smallest absolute Gasteiger partial charge is 0.229 e. The standard InChI is InChI=1S/C26H38ClNO4.C3H9N.C2H6/c1-8-17(2)11-9-10-12-18(3)13-20-14-21(25(27)22(15-20)31-7)28(6)24(30)16-23(29)26(5)19(4)32-26;1-3-4-2;1-2/h9-10,12,14-15,17,19,23,29H,8,11,13,16H2,1-7H3;4H,3H2,1-2H3;1-2H3/b10-9+,18-12+;;/t17?,19?,23-,26?;;/m0../s1. The predicted octanol–water partition coefficient (Wildman–Crippen LogP) is 6.97. The molecule has 1 aromatic rings. The molecule has 0 aromatic heterocycles. The molecule has 38 heavy (non-hydrogen) atoms.